The molecule has 1 aromatic carbocycles. The Balaban J connectivity index is 2.86. The number of carbonyl (C=O) groups excluding carboxylic acids is 4. The number of aliphatic hydroxyl groups is 1. The van der Waals surface area contributed by atoms with Crippen LogP contribution in [0.4, 0.5) is 0 Å². The number of nitrogens with two attached hydrogens (primary N) is 2. The topological polar surface area (TPSA) is 214 Å². The summed E-state index contributed by atoms with van der Waals surface area (Å²) < 4.78 is 0. The molecule has 0 aromatic heterocycles. The van der Waals surface area contributed by atoms with Crippen molar-refractivity contribution >= 4 is 29.6 Å². The van der Waals surface area contributed by atoms with E-state index in [0.717, 1.165) is 5.56 Å². The van der Waals surface area contributed by atoms with Crippen LogP contribution in [0.15, 0.2) is 30.3 Å². The third-order valence-electron chi connectivity index (χ3n) is 4.99. The second-order valence-corrected chi connectivity index (χ2v) is 8.17. The van der Waals surface area contributed by atoms with Crippen LogP contribution in [0.3, 0.4) is 0 Å². The molecule has 0 heterocycles. The number of carboxylic acid groups (broad SMARTS) is 1. The summed E-state index contributed by atoms with van der Waals surface area (Å²) in [5.74, 6) is -4.91. The fraction of sp³-hybridized carbons (Fsp3) is 0.500. The summed E-state index contributed by atoms with van der Waals surface area (Å²) in [6.45, 7) is 2.39. The number of benzene rings is 1. The highest BCUT2D eigenvalue weighted by Crippen LogP contribution is 2.06. The zero-order valence-electron chi connectivity index (χ0n) is 19.2. The Hall–Kier alpha value is -3.51. The predicted octanol–water partition coefficient (Wildman–Crippen LogP) is -1.99. The lowest BCUT2D eigenvalue weighted by molar-refractivity contribution is -0.143. The number of aliphatic carboxylic acids is 1. The van der Waals surface area contributed by atoms with Gasteiger partial charge < -0.3 is 37.6 Å². The van der Waals surface area contributed by atoms with Crippen LogP contribution in [0.25, 0.3) is 0 Å². The summed E-state index contributed by atoms with van der Waals surface area (Å²) >= 11 is 0. The first-order valence-electron chi connectivity index (χ1n) is 10.8. The van der Waals surface area contributed by atoms with Crippen molar-refractivity contribution in [2.45, 2.75) is 57.3 Å². The Morgan fingerprint density at radius 1 is 0.912 bits per heavy atom. The van der Waals surface area contributed by atoms with Crippen LogP contribution >= 0.6 is 0 Å². The van der Waals surface area contributed by atoms with E-state index in [1.54, 1.807) is 38.1 Å². The van der Waals surface area contributed by atoms with Gasteiger partial charge in [0.2, 0.25) is 23.6 Å². The van der Waals surface area contributed by atoms with Gasteiger partial charge in [-0.3, -0.25) is 19.2 Å². The molecule has 0 fully saturated rings. The molecule has 34 heavy (non-hydrogen) atoms. The van der Waals surface area contributed by atoms with Crippen LogP contribution < -0.4 is 27.4 Å². The molecule has 0 spiro atoms. The molecule has 4 unspecified atom stereocenters. The number of primary amides is 1. The van der Waals surface area contributed by atoms with Gasteiger partial charge in [-0.1, -0.05) is 44.2 Å². The molecule has 0 aliphatic heterocycles. The van der Waals surface area contributed by atoms with Gasteiger partial charge in [0, 0.05) is 6.42 Å². The summed E-state index contributed by atoms with van der Waals surface area (Å²) in [5, 5.41) is 25.9. The van der Waals surface area contributed by atoms with Gasteiger partial charge >= 0.3 is 5.97 Å². The smallest absolute Gasteiger partial charge is 0.326 e. The van der Waals surface area contributed by atoms with E-state index in [1.165, 1.54) is 0 Å². The molecule has 0 aliphatic carbocycles. The van der Waals surface area contributed by atoms with Crippen LogP contribution in [0.1, 0.15) is 32.3 Å². The Morgan fingerprint density at radius 3 is 1.97 bits per heavy atom. The predicted molar refractivity (Wildman–Crippen MR) is 122 cm³/mol. The van der Waals surface area contributed by atoms with Crippen molar-refractivity contribution in [2.24, 2.45) is 17.4 Å². The Labute approximate surface area is 197 Å². The minimum Gasteiger partial charge on any atom is -0.480 e. The van der Waals surface area contributed by atoms with Crippen molar-refractivity contribution in [3.05, 3.63) is 35.9 Å². The van der Waals surface area contributed by atoms with Gasteiger partial charge in [0.25, 0.3) is 0 Å². The molecule has 188 valence electrons. The molecular weight excluding hydrogens is 446 g/mol. The van der Waals surface area contributed by atoms with Gasteiger partial charge in [0.05, 0.1) is 12.6 Å². The summed E-state index contributed by atoms with van der Waals surface area (Å²) in [5.41, 5.74) is 11.8. The van der Waals surface area contributed by atoms with Gasteiger partial charge in [0.1, 0.15) is 18.1 Å². The molecule has 4 atom stereocenters. The summed E-state index contributed by atoms with van der Waals surface area (Å²) in [6.07, 6.45) is -0.283. The first kappa shape index (κ1) is 28.5. The monoisotopic (exact) mass is 479 g/mol. The second-order valence-electron chi connectivity index (χ2n) is 8.17. The average molecular weight is 480 g/mol. The van der Waals surface area contributed by atoms with Gasteiger partial charge in [-0.25, -0.2) is 4.79 Å². The van der Waals surface area contributed by atoms with Crippen molar-refractivity contribution in [1.82, 2.24) is 16.0 Å². The van der Waals surface area contributed by atoms with Crippen molar-refractivity contribution in [2.75, 3.05) is 6.61 Å². The maximum absolute atomic E-state index is 12.7. The Bertz CT molecular complexity index is 862. The van der Waals surface area contributed by atoms with Gasteiger partial charge in [0.15, 0.2) is 0 Å². The lowest BCUT2D eigenvalue weighted by Crippen LogP contribution is -2.58. The number of nitrogens with one attached hydrogen (secondary N) is 3. The normalized spacial score (nSPS) is 14.4. The average Bonchev–Trinajstić information content (AvgIpc) is 2.77. The van der Waals surface area contributed by atoms with Crippen molar-refractivity contribution in [1.29, 1.82) is 0 Å². The molecule has 0 radical (unpaired) electrons. The van der Waals surface area contributed by atoms with Crippen molar-refractivity contribution < 1.29 is 34.2 Å². The molecule has 12 heteroatoms. The highest BCUT2D eigenvalue weighted by Gasteiger charge is 2.31. The molecule has 0 aliphatic rings. The fourth-order valence-corrected chi connectivity index (χ4v) is 3.03. The molecule has 0 saturated carbocycles. The second kappa shape index (κ2) is 13.9. The molecule has 9 N–H and O–H groups in total. The van der Waals surface area contributed by atoms with Crippen LogP contribution in [0, 0.1) is 5.92 Å². The molecule has 1 aromatic rings. The van der Waals surface area contributed by atoms with E-state index in [-0.39, 0.29) is 19.3 Å². The zero-order valence-corrected chi connectivity index (χ0v) is 19.2. The lowest BCUT2D eigenvalue weighted by Gasteiger charge is -2.25. The van der Waals surface area contributed by atoms with Crippen LogP contribution in [-0.4, -0.2) is 70.6 Å². The highest BCUT2D eigenvalue weighted by molar-refractivity contribution is 5.94. The number of rotatable bonds is 14. The van der Waals surface area contributed by atoms with E-state index in [1.807, 2.05) is 6.07 Å². The quantitative estimate of drug-likeness (QED) is 0.158. The molecular formula is C22H33N5O7. The van der Waals surface area contributed by atoms with E-state index < -0.39 is 66.3 Å². The van der Waals surface area contributed by atoms with Gasteiger partial charge in [-0.15, -0.1) is 0 Å². The van der Waals surface area contributed by atoms with Crippen LogP contribution in [0.5, 0.6) is 0 Å². The van der Waals surface area contributed by atoms with E-state index >= 15 is 0 Å². The fourth-order valence-electron chi connectivity index (χ4n) is 3.03. The van der Waals surface area contributed by atoms with E-state index in [9.17, 15) is 34.2 Å². The first-order valence-corrected chi connectivity index (χ1v) is 10.8. The number of hydrogen-bond donors (Lipinski definition) is 7. The number of aliphatic hydroxyl groups excluding tert-OH is 1. The standard InChI is InChI=1S/C22H33N5O7/c1-12(2)18(22(33)34)27-20(31)15(8-9-17(24)29)25-21(32)16(11-28)26-19(30)14(23)10-13-6-4-3-5-7-13/h3-7,12,14-16,18,28H,8-11,23H2,1-2H3,(H2,24,29)(H,25,32)(H,26,30)(H,27,31)(H,33,34). The third kappa shape index (κ3) is 9.55. The van der Waals surface area contributed by atoms with Gasteiger partial charge in [-0.2, -0.15) is 0 Å². The molecule has 0 saturated heterocycles. The van der Waals surface area contributed by atoms with Crippen molar-refractivity contribution in [3.8, 4) is 0 Å². The Morgan fingerprint density at radius 2 is 1.47 bits per heavy atom. The largest absolute Gasteiger partial charge is 0.480 e. The minimum atomic E-state index is -1.43. The summed E-state index contributed by atoms with van der Waals surface area (Å²) in [4.78, 5) is 60.3. The molecule has 1 rings (SSSR count). The maximum Gasteiger partial charge on any atom is 0.326 e. The minimum absolute atomic E-state index is 0.196. The first-order chi connectivity index (χ1) is 16.0. The highest BCUT2D eigenvalue weighted by atomic mass is 16.4. The molecule has 4 amide bonds. The van der Waals surface area contributed by atoms with Gasteiger partial charge in [-0.05, 0) is 24.3 Å². The van der Waals surface area contributed by atoms with Crippen LogP contribution in [-0.2, 0) is 30.4 Å². The Kier molecular flexibility index (Phi) is 11.7. The number of carboxylic acids is 1. The maximum atomic E-state index is 12.7. The number of amides is 4. The zero-order chi connectivity index (χ0) is 25.8. The summed E-state index contributed by atoms with van der Waals surface area (Å²) in [6, 6.07) is 3.96. The SMILES string of the molecule is CC(C)C(NC(=O)C(CCC(N)=O)NC(=O)C(CO)NC(=O)C(N)Cc1ccccc1)C(=O)O. The van der Waals surface area contributed by atoms with E-state index in [4.69, 9.17) is 11.5 Å². The summed E-state index contributed by atoms with van der Waals surface area (Å²) in [7, 11) is 0. The van der Waals surface area contributed by atoms with Crippen LogP contribution in [0.2, 0.25) is 0 Å². The van der Waals surface area contributed by atoms with E-state index in [0.29, 0.717) is 0 Å². The van der Waals surface area contributed by atoms with Crippen molar-refractivity contribution in [3.63, 3.8) is 0 Å². The number of carbonyl (C=O) groups is 5. The number of hydrogen-bond acceptors (Lipinski definition) is 7. The third-order valence-corrected chi connectivity index (χ3v) is 4.99. The molecule has 12 nitrogen and oxygen atoms in total. The molecule has 0 bridgehead atoms. The van der Waals surface area contributed by atoms with E-state index in [2.05, 4.69) is 16.0 Å². The lowest BCUT2D eigenvalue weighted by atomic mass is 10.0.